The zero-order valence-corrected chi connectivity index (χ0v) is 12.6. The number of ketones is 1. The van der Waals surface area contributed by atoms with Crippen LogP contribution in [0.25, 0.3) is 0 Å². The number of hydrogen-bond donors (Lipinski definition) is 0. The maximum absolute atomic E-state index is 12.6. The number of ether oxygens (including phenoxy) is 2. The summed E-state index contributed by atoms with van der Waals surface area (Å²) in [6.07, 6.45) is -0.667. The molecule has 0 N–H and O–H groups in total. The summed E-state index contributed by atoms with van der Waals surface area (Å²) in [6.45, 7) is 4.11. The van der Waals surface area contributed by atoms with Gasteiger partial charge in [0.25, 0.3) is 0 Å². The summed E-state index contributed by atoms with van der Waals surface area (Å²) in [7, 11) is 0. The Balaban J connectivity index is 1.89. The number of carbonyl (C=O) groups excluding carboxylic acids is 1. The third-order valence-electron chi connectivity index (χ3n) is 3.65. The van der Waals surface area contributed by atoms with Gasteiger partial charge in [0.1, 0.15) is 6.61 Å². The topological polar surface area (TPSA) is 35.5 Å². The number of para-hydroxylation sites is 2. The first-order valence-corrected chi connectivity index (χ1v) is 7.13. The number of hydrogen-bond acceptors (Lipinski definition) is 3. The van der Waals surface area contributed by atoms with Crippen LogP contribution in [0.3, 0.4) is 0 Å². The number of fused-ring (bicyclic) bond motifs is 1. The molecule has 0 saturated carbocycles. The van der Waals surface area contributed by atoms with Gasteiger partial charge in [-0.25, -0.2) is 0 Å². The summed E-state index contributed by atoms with van der Waals surface area (Å²) in [6, 6.07) is 10.9. The minimum atomic E-state index is -0.667. The highest BCUT2D eigenvalue weighted by molar-refractivity contribution is 6.34. The lowest BCUT2D eigenvalue weighted by atomic mass is 10.0. The van der Waals surface area contributed by atoms with Crippen LogP contribution in [-0.4, -0.2) is 18.5 Å². The summed E-state index contributed by atoms with van der Waals surface area (Å²) < 4.78 is 11.3. The number of aryl methyl sites for hydroxylation is 2. The molecular formula is C17H15ClO3. The largest absolute Gasteiger partial charge is 0.485 e. The van der Waals surface area contributed by atoms with Crippen LogP contribution in [0.1, 0.15) is 21.5 Å². The molecule has 0 fully saturated rings. The van der Waals surface area contributed by atoms with Crippen LogP contribution in [0.15, 0.2) is 36.4 Å². The molecule has 3 nitrogen and oxygen atoms in total. The Bertz CT molecular complexity index is 709. The van der Waals surface area contributed by atoms with Crippen molar-refractivity contribution < 1.29 is 14.3 Å². The average molecular weight is 303 g/mol. The maximum Gasteiger partial charge on any atom is 0.208 e. The summed E-state index contributed by atoms with van der Waals surface area (Å²) in [5, 5.41) is 0.450. The minimum Gasteiger partial charge on any atom is -0.485 e. The molecule has 4 heteroatoms. The lowest BCUT2D eigenvalue weighted by Crippen LogP contribution is -2.36. The van der Waals surface area contributed by atoms with E-state index in [9.17, 15) is 4.79 Å². The van der Waals surface area contributed by atoms with Gasteiger partial charge in [-0.3, -0.25) is 4.79 Å². The molecule has 1 atom stereocenters. The number of carbonyl (C=O) groups is 1. The molecule has 0 saturated heterocycles. The number of benzene rings is 2. The molecule has 0 aliphatic carbocycles. The van der Waals surface area contributed by atoms with Crippen LogP contribution >= 0.6 is 11.6 Å². The van der Waals surface area contributed by atoms with Crippen molar-refractivity contribution in [2.45, 2.75) is 20.0 Å². The van der Waals surface area contributed by atoms with Gasteiger partial charge in [-0.1, -0.05) is 23.7 Å². The van der Waals surface area contributed by atoms with Gasteiger partial charge >= 0.3 is 0 Å². The molecule has 21 heavy (non-hydrogen) atoms. The first kappa shape index (κ1) is 14.0. The van der Waals surface area contributed by atoms with Gasteiger partial charge in [-0.05, 0) is 49.2 Å². The van der Waals surface area contributed by atoms with Gasteiger partial charge < -0.3 is 9.47 Å². The Labute approximate surface area is 128 Å². The molecule has 1 aliphatic heterocycles. The molecule has 1 heterocycles. The van der Waals surface area contributed by atoms with E-state index in [1.807, 2.05) is 44.2 Å². The second-order valence-corrected chi connectivity index (χ2v) is 5.55. The van der Waals surface area contributed by atoms with Gasteiger partial charge in [0, 0.05) is 5.56 Å². The van der Waals surface area contributed by atoms with E-state index in [0.717, 1.165) is 11.1 Å². The Morgan fingerprint density at radius 3 is 2.57 bits per heavy atom. The van der Waals surface area contributed by atoms with E-state index < -0.39 is 6.10 Å². The molecule has 0 radical (unpaired) electrons. The van der Waals surface area contributed by atoms with Gasteiger partial charge in [0.15, 0.2) is 17.6 Å². The molecule has 1 unspecified atom stereocenters. The molecule has 2 aromatic carbocycles. The van der Waals surface area contributed by atoms with Crippen molar-refractivity contribution in [1.29, 1.82) is 0 Å². The fraction of sp³-hybridized carbons (Fsp3) is 0.235. The first-order chi connectivity index (χ1) is 10.1. The Morgan fingerprint density at radius 2 is 1.81 bits per heavy atom. The molecule has 0 bridgehead atoms. The van der Waals surface area contributed by atoms with E-state index in [1.165, 1.54) is 0 Å². The van der Waals surface area contributed by atoms with Crippen molar-refractivity contribution in [2.75, 3.05) is 6.61 Å². The second-order valence-electron chi connectivity index (χ2n) is 5.14. The van der Waals surface area contributed by atoms with E-state index in [-0.39, 0.29) is 12.4 Å². The standard InChI is InChI=1S/C17H15ClO3/c1-10-7-12(13(18)8-11(10)2)17(19)16-9-20-14-5-3-4-6-15(14)21-16/h3-8,16H,9H2,1-2H3. The minimum absolute atomic E-state index is 0.155. The van der Waals surface area contributed by atoms with Crippen molar-refractivity contribution in [3.63, 3.8) is 0 Å². The van der Waals surface area contributed by atoms with Crippen LogP contribution in [0, 0.1) is 13.8 Å². The Hall–Kier alpha value is -2.00. The zero-order valence-electron chi connectivity index (χ0n) is 11.9. The third kappa shape index (κ3) is 2.61. The highest BCUT2D eigenvalue weighted by Gasteiger charge is 2.29. The normalized spacial score (nSPS) is 16.6. The summed E-state index contributed by atoms with van der Waals surface area (Å²) in [5.74, 6) is 1.09. The predicted octanol–water partition coefficient (Wildman–Crippen LogP) is 3.98. The van der Waals surface area contributed by atoms with Gasteiger partial charge in [-0.15, -0.1) is 0 Å². The van der Waals surface area contributed by atoms with E-state index in [4.69, 9.17) is 21.1 Å². The Morgan fingerprint density at radius 1 is 1.14 bits per heavy atom. The van der Waals surface area contributed by atoms with Crippen LogP contribution < -0.4 is 9.47 Å². The summed E-state index contributed by atoms with van der Waals surface area (Å²) >= 11 is 6.20. The van der Waals surface area contributed by atoms with E-state index in [2.05, 4.69) is 0 Å². The van der Waals surface area contributed by atoms with Gasteiger partial charge in [0.05, 0.1) is 5.02 Å². The van der Waals surface area contributed by atoms with E-state index >= 15 is 0 Å². The quantitative estimate of drug-likeness (QED) is 0.787. The molecule has 2 aromatic rings. The van der Waals surface area contributed by atoms with Gasteiger partial charge in [0.2, 0.25) is 5.78 Å². The highest BCUT2D eigenvalue weighted by atomic mass is 35.5. The summed E-state index contributed by atoms with van der Waals surface area (Å²) in [5.41, 5.74) is 2.57. The van der Waals surface area contributed by atoms with Crippen molar-refractivity contribution >= 4 is 17.4 Å². The predicted molar refractivity (Wildman–Crippen MR) is 81.6 cm³/mol. The second kappa shape index (κ2) is 5.41. The Kier molecular flexibility index (Phi) is 3.60. The molecule has 0 aromatic heterocycles. The van der Waals surface area contributed by atoms with E-state index in [0.29, 0.717) is 22.1 Å². The molecule has 1 aliphatic rings. The van der Waals surface area contributed by atoms with Crippen LogP contribution in [-0.2, 0) is 0 Å². The summed E-state index contributed by atoms with van der Waals surface area (Å²) in [4.78, 5) is 12.6. The fourth-order valence-corrected chi connectivity index (χ4v) is 2.60. The van der Waals surface area contributed by atoms with Crippen LogP contribution in [0.5, 0.6) is 11.5 Å². The SMILES string of the molecule is Cc1cc(Cl)c(C(=O)C2COc3ccccc3O2)cc1C. The van der Waals surface area contributed by atoms with Crippen LogP contribution in [0.2, 0.25) is 5.02 Å². The average Bonchev–Trinajstić information content (AvgIpc) is 2.50. The first-order valence-electron chi connectivity index (χ1n) is 6.75. The van der Waals surface area contributed by atoms with Crippen molar-refractivity contribution in [3.8, 4) is 11.5 Å². The van der Waals surface area contributed by atoms with Crippen molar-refractivity contribution in [3.05, 3.63) is 58.1 Å². The maximum atomic E-state index is 12.6. The third-order valence-corrected chi connectivity index (χ3v) is 3.96. The highest BCUT2D eigenvalue weighted by Crippen LogP contribution is 2.32. The molecule has 108 valence electrons. The molecule has 3 rings (SSSR count). The smallest absolute Gasteiger partial charge is 0.208 e. The van der Waals surface area contributed by atoms with Crippen molar-refractivity contribution in [1.82, 2.24) is 0 Å². The zero-order chi connectivity index (χ0) is 15.0. The fourth-order valence-electron chi connectivity index (χ4n) is 2.29. The van der Waals surface area contributed by atoms with E-state index in [1.54, 1.807) is 6.07 Å². The lowest BCUT2D eigenvalue weighted by Gasteiger charge is -2.25. The molecule has 0 amide bonds. The number of rotatable bonds is 2. The van der Waals surface area contributed by atoms with Crippen LogP contribution in [0.4, 0.5) is 0 Å². The molecular weight excluding hydrogens is 288 g/mol. The monoisotopic (exact) mass is 302 g/mol. The number of halogens is 1. The lowest BCUT2D eigenvalue weighted by molar-refractivity contribution is 0.0586. The van der Waals surface area contributed by atoms with Crippen molar-refractivity contribution in [2.24, 2.45) is 0 Å². The molecule has 0 spiro atoms. The van der Waals surface area contributed by atoms with Gasteiger partial charge in [-0.2, -0.15) is 0 Å². The number of Topliss-reactive ketones (excluding diaryl/α,β-unsaturated/α-hetero) is 1.